The summed E-state index contributed by atoms with van der Waals surface area (Å²) in [6, 6.07) is 2.15. The van der Waals surface area contributed by atoms with E-state index in [4.69, 9.17) is 4.52 Å². The van der Waals surface area contributed by atoms with Crippen LogP contribution in [0.15, 0.2) is 16.7 Å². The van der Waals surface area contributed by atoms with Gasteiger partial charge < -0.3 is 9.42 Å². The van der Waals surface area contributed by atoms with Crippen molar-refractivity contribution in [3.63, 3.8) is 0 Å². The van der Waals surface area contributed by atoms with Crippen LogP contribution >= 0.6 is 11.8 Å². The average Bonchev–Trinajstić information content (AvgIpc) is 2.85. The molecule has 0 saturated carbocycles. The summed E-state index contributed by atoms with van der Waals surface area (Å²) in [5.41, 5.74) is 2.59. The Kier molecular flexibility index (Phi) is 4.89. The van der Waals surface area contributed by atoms with E-state index in [1.807, 2.05) is 13.8 Å². The first-order valence-electron chi connectivity index (χ1n) is 7.75. The zero-order valence-electron chi connectivity index (χ0n) is 13.6. The number of rotatable bonds is 4. The number of amides is 1. The Hall–Kier alpha value is -1.89. The summed E-state index contributed by atoms with van der Waals surface area (Å²) in [5, 5.41) is 3.88. The molecular weight excluding hydrogens is 334 g/mol. The van der Waals surface area contributed by atoms with Crippen LogP contribution in [0.2, 0.25) is 0 Å². The van der Waals surface area contributed by atoms with Crippen molar-refractivity contribution in [1.29, 1.82) is 0 Å². The number of fused-ring (bicyclic) bond motifs is 1. The van der Waals surface area contributed by atoms with Gasteiger partial charge in [-0.05, 0) is 38.3 Å². The van der Waals surface area contributed by atoms with E-state index in [0.29, 0.717) is 30.7 Å². The number of hydrogen-bond acceptors (Lipinski definition) is 4. The minimum Gasteiger partial charge on any atom is -0.361 e. The minimum absolute atomic E-state index is 0.168. The summed E-state index contributed by atoms with van der Waals surface area (Å²) in [4.78, 5) is 13.9. The quantitative estimate of drug-likeness (QED) is 0.840. The molecule has 7 heteroatoms. The molecule has 0 unspecified atom stereocenters. The Morgan fingerprint density at radius 2 is 2.17 bits per heavy atom. The highest BCUT2D eigenvalue weighted by molar-refractivity contribution is 7.99. The largest absolute Gasteiger partial charge is 0.361 e. The van der Waals surface area contributed by atoms with Crippen molar-refractivity contribution < 1.29 is 18.1 Å². The van der Waals surface area contributed by atoms with E-state index in [-0.39, 0.29) is 17.3 Å². The van der Waals surface area contributed by atoms with Crippen LogP contribution < -0.4 is 4.90 Å². The highest BCUT2D eigenvalue weighted by atomic mass is 32.2. The number of benzene rings is 1. The van der Waals surface area contributed by atoms with Crippen molar-refractivity contribution in [3.05, 3.63) is 46.3 Å². The molecule has 1 aromatic carbocycles. The fourth-order valence-corrected chi connectivity index (χ4v) is 3.98. The molecule has 0 fully saturated rings. The number of aromatic nitrogens is 1. The first-order chi connectivity index (χ1) is 11.5. The van der Waals surface area contributed by atoms with E-state index in [1.54, 1.807) is 0 Å². The van der Waals surface area contributed by atoms with E-state index in [9.17, 15) is 13.6 Å². The van der Waals surface area contributed by atoms with Crippen molar-refractivity contribution in [2.24, 2.45) is 0 Å². The second-order valence-corrected chi connectivity index (χ2v) is 6.83. The number of halogens is 2. The van der Waals surface area contributed by atoms with Crippen LogP contribution in [0.1, 0.15) is 29.0 Å². The molecule has 2 heterocycles. The van der Waals surface area contributed by atoms with Gasteiger partial charge in [0.05, 0.1) is 17.1 Å². The molecule has 1 aliphatic rings. The standard InChI is InChI=1S/C17H18F2N2O2S/c1-10-14(11(2)23-20-10)8-24-9-16(22)21-5-3-4-12-6-13(18)7-15(19)17(12)21/h6-7H,3-5,8-9H2,1-2H3. The van der Waals surface area contributed by atoms with Crippen LogP contribution in [0.3, 0.4) is 0 Å². The van der Waals surface area contributed by atoms with Crippen LogP contribution in [0, 0.1) is 25.5 Å². The molecule has 128 valence electrons. The Labute approximate surface area is 143 Å². The summed E-state index contributed by atoms with van der Waals surface area (Å²) < 4.78 is 32.6. The van der Waals surface area contributed by atoms with Gasteiger partial charge in [-0.3, -0.25) is 4.79 Å². The van der Waals surface area contributed by atoms with Gasteiger partial charge in [0.25, 0.3) is 0 Å². The smallest absolute Gasteiger partial charge is 0.237 e. The molecule has 4 nitrogen and oxygen atoms in total. The molecule has 0 saturated heterocycles. The zero-order chi connectivity index (χ0) is 17.3. The molecule has 24 heavy (non-hydrogen) atoms. The molecule has 1 amide bonds. The lowest BCUT2D eigenvalue weighted by atomic mass is 10.0. The highest BCUT2D eigenvalue weighted by Crippen LogP contribution is 2.31. The first-order valence-corrected chi connectivity index (χ1v) is 8.90. The van der Waals surface area contributed by atoms with E-state index >= 15 is 0 Å². The van der Waals surface area contributed by atoms with E-state index < -0.39 is 11.6 Å². The van der Waals surface area contributed by atoms with Crippen molar-refractivity contribution in [2.75, 3.05) is 17.2 Å². The van der Waals surface area contributed by atoms with Crippen LogP contribution in [0.25, 0.3) is 0 Å². The summed E-state index contributed by atoms with van der Waals surface area (Å²) >= 11 is 1.44. The fraction of sp³-hybridized carbons (Fsp3) is 0.412. The molecule has 0 atom stereocenters. The number of carbonyl (C=O) groups excluding carboxylic acids is 1. The molecule has 1 aliphatic heterocycles. The highest BCUT2D eigenvalue weighted by Gasteiger charge is 2.26. The monoisotopic (exact) mass is 352 g/mol. The van der Waals surface area contributed by atoms with Gasteiger partial charge in [0, 0.05) is 23.9 Å². The second kappa shape index (κ2) is 6.93. The topological polar surface area (TPSA) is 46.3 Å². The number of anilines is 1. The molecule has 0 bridgehead atoms. The Balaban J connectivity index is 1.69. The van der Waals surface area contributed by atoms with Gasteiger partial charge in [-0.1, -0.05) is 5.16 Å². The van der Waals surface area contributed by atoms with Gasteiger partial charge in [0.1, 0.15) is 17.4 Å². The third kappa shape index (κ3) is 3.31. The summed E-state index contributed by atoms with van der Waals surface area (Å²) in [6.07, 6.45) is 1.29. The lowest BCUT2D eigenvalue weighted by Crippen LogP contribution is -2.37. The Morgan fingerprint density at radius 3 is 2.88 bits per heavy atom. The number of hydrogen-bond donors (Lipinski definition) is 0. The van der Waals surface area contributed by atoms with Gasteiger partial charge in [-0.25, -0.2) is 8.78 Å². The molecule has 2 aromatic rings. The predicted octanol–water partition coefficient (Wildman–Crippen LogP) is 3.78. The van der Waals surface area contributed by atoms with Gasteiger partial charge in [0.2, 0.25) is 5.91 Å². The zero-order valence-corrected chi connectivity index (χ0v) is 14.4. The third-order valence-electron chi connectivity index (χ3n) is 4.16. The summed E-state index contributed by atoms with van der Waals surface area (Å²) in [5.74, 6) is 0.136. The van der Waals surface area contributed by atoms with E-state index in [2.05, 4.69) is 5.16 Å². The van der Waals surface area contributed by atoms with Crippen LogP contribution in [-0.2, 0) is 17.0 Å². The Bertz CT molecular complexity index is 757. The minimum atomic E-state index is -0.672. The molecule has 0 radical (unpaired) electrons. The van der Waals surface area contributed by atoms with Gasteiger partial charge in [-0.15, -0.1) is 11.8 Å². The van der Waals surface area contributed by atoms with Crippen LogP contribution in [0.4, 0.5) is 14.5 Å². The lowest BCUT2D eigenvalue weighted by Gasteiger charge is -2.29. The molecule has 0 spiro atoms. The van der Waals surface area contributed by atoms with Crippen molar-refractivity contribution in [3.8, 4) is 0 Å². The molecule has 3 rings (SSSR count). The maximum absolute atomic E-state index is 14.1. The Morgan fingerprint density at radius 1 is 1.38 bits per heavy atom. The molecular formula is C17H18F2N2O2S. The molecule has 0 N–H and O–H groups in total. The molecule has 1 aromatic heterocycles. The maximum Gasteiger partial charge on any atom is 0.237 e. The second-order valence-electron chi connectivity index (χ2n) is 5.84. The van der Waals surface area contributed by atoms with Gasteiger partial charge in [-0.2, -0.15) is 0 Å². The van der Waals surface area contributed by atoms with Gasteiger partial charge in [0.15, 0.2) is 0 Å². The lowest BCUT2D eigenvalue weighted by molar-refractivity contribution is -0.116. The molecule has 0 aliphatic carbocycles. The first kappa shape index (κ1) is 17.0. The van der Waals surface area contributed by atoms with Gasteiger partial charge >= 0.3 is 0 Å². The summed E-state index contributed by atoms with van der Waals surface area (Å²) in [6.45, 7) is 4.15. The third-order valence-corrected chi connectivity index (χ3v) is 5.10. The van der Waals surface area contributed by atoms with Crippen molar-refractivity contribution in [2.45, 2.75) is 32.4 Å². The number of nitrogens with zero attached hydrogens (tertiary/aromatic N) is 2. The van der Waals surface area contributed by atoms with Crippen LogP contribution in [0.5, 0.6) is 0 Å². The number of aryl methyl sites for hydroxylation is 3. The summed E-state index contributed by atoms with van der Waals surface area (Å²) in [7, 11) is 0. The van der Waals surface area contributed by atoms with Crippen molar-refractivity contribution >= 4 is 23.4 Å². The maximum atomic E-state index is 14.1. The van der Waals surface area contributed by atoms with Crippen molar-refractivity contribution in [1.82, 2.24) is 5.16 Å². The SMILES string of the molecule is Cc1noc(C)c1CSCC(=O)N1CCCc2cc(F)cc(F)c21. The fourth-order valence-electron chi connectivity index (χ4n) is 2.93. The van der Waals surface area contributed by atoms with Crippen LogP contribution in [-0.4, -0.2) is 23.4 Å². The van der Waals surface area contributed by atoms with E-state index in [0.717, 1.165) is 23.1 Å². The normalized spacial score (nSPS) is 13.9. The van der Waals surface area contributed by atoms with E-state index in [1.165, 1.54) is 22.7 Å². The predicted molar refractivity (Wildman–Crippen MR) is 89.2 cm³/mol. The average molecular weight is 352 g/mol. The number of thioether (sulfide) groups is 1. The number of carbonyl (C=O) groups is 1.